The Morgan fingerprint density at radius 3 is 2.86 bits per heavy atom. The van der Waals surface area contributed by atoms with Crippen LogP contribution in [-0.2, 0) is 13.0 Å². The Bertz CT molecular complexity index is 617. The lowest BCUT2D eigenvalue weighted by molar-refractivity contribution is 0.680. The molecule has 0 atom stereocenters. The Morgan fingerprint density at radius 2 is 2.19 bits per heavy atom. The zero-order valence-corrected chi connectivity index (χ0v) is 14.9. The molecule has 0 bridgehead atoms. The highest BCUT2D eigenvalue weighted by Gasteiger charge is 2.22. The Kier molecular flexibility index (Phi) is 4.77. The molecule has 1 aromatic carbocycles. The van der Waals surface area contributed by atoms with Gasteiger partial charge in [-0.1, -0.05) is 41.9 Å². The van der Waals surface area contributed by atoms with E-state index in [-0.39, 0.29) is 0 Å². The number of aromatic nitrogens is 1. The van der Waals surface area contributed by atoms with Crippen LogP contribution in [0.25, 0.3) is 0 Å². The molecule has 1 heterocycles. The molecule has 1 aromatic heterocycles. The van der Waals surface area contributed by atoms with Gasteiger partial charge in [-0.3, -0.25) is 0 Å². The fraction of sp³-hybridized carbons (Fsp3) is 0.471. The van der Waals surface area contributed by atoms with Crippen molar-refractivity contribution in [2.45, 2.75) is 51.6 Å². The first-order valence-corrected chi connectivity index (χ1v) is 9.19. The molecule has 112 valence electrons. The Labute approximate surface area is 139 Å². The highest BCUT2D eigenvalue weighted by molar-refractivity contribution is 9.10. The molecule has 1 N–H and O–H groups in total. The van der Waals surface area contributed by atoms with Crippen LogP contribution in [-0.4, -0.2) is 11.0 Å². The number of halogens is 1. The minimum absolute atomic E-state index is 0.494. The lowest BCUT2D eigenvalue weighted by Gasteiger charge is -2.05. The summed E-state index contributed by atoms with van der Waals surface area (Å²) in [6.45, 7) is 5.45. The molecule has 2 aromatic rings. The molecular formula is C17H21BrN2S. The summed E-state index contributed by atoms with van der Waals surface area (Å²) in [5, 5.41) is 4.84. The SMILES string of the molecule is CC(C)c1nc(Cc2cccc(Br)c2)sc1CNC1CC1. The molecule has 1 fully saturated rings. The van der Waals surface area contributed by atoms with Crippen molar-refractivity contribution in [2.24, 2.45) is 0 Å². The van der Waals surface area contributed by atoms with E-state index in [2.05, 4.69) is 59.4 Å². The Balaban J connectivity index is 1.76. The van der Waals surface area contributed by atoms with Crippen molar-refractivity contribution in [3.63, 3.8) is 0 Å². The van der Waals surface area contributed by atoms with Gasteiger partial charge in [-0.05, 0) is 36.5 Å². The minimum Gasteiger partial charge on any atom is -0.309 e. The molecule has 21 heavy (non-hydrogen) atoms. The van der Waals surface area contributed by atoms with Crippen LogP contribution in [0.4, 0.5) is 0 Å². The molecule has 3 rings (SSSR count). The zero-order chi connectivity index (χ0) is 14.8. The van der Waals surface area contributed by atoms with E-state index in [9.17, 15) is 0 Å². The normalized spacial score (nSPS) is 14.9. The standard InChI is InChI=1S/C17H21BrN2S/c1-11(2)17-15(10-19-14-6-7-14)21-16(20-17)9-12-4-3-5-13(18)8-12/h3-5,8,11,14,19H,6-7,9-10H2,1-2H3. The van der Waals surface area contributed by atoms with Crippen LogP contribution in [0.15, 0.2) is 28.7 Å². The fourth-order valence-corrected chi connectivity index (χ4v) is 4.07. The molecule has 1 saturated carbocycles. The van der Waals surface area contributed by atoms with E-state index in [4.69, 9.17) is 4.98 Å². The number of hydrogen-bond donors (Lipinski definition) is 1. The highest BCUT2D eigenvalue weighted by atomic mass is 79.9. The summed E-state index contributed by atoms with van der Waals surface area (Å²) in [7, 11) is 0. The van der Waals surface area contributed by atoms with Gasteiger partial charge in [0.2, 0.25) is 0 Å². The first kappa shape index (κ1) is 15.2. The number of benzene rings is 1. The molecule has 2 nitrogen and oxygen atoms in total. The van der Waals surface area contributed by atoms with Crippen LogP contribution in [0.5, 0.6) is 0 Å². The summed E-state index contributed by atoms with van der Waals surface area (Å²) >= 11 is 5.41. The van der Waals surface area contributed by atoms with E-state index in [0.29, 0.717) is 5.92 Å². The van der Waals surface area contributed by atoms with Gasteiger partial charge in [0.05, 0.1) is 10.7 Å². The van der Waals surface area contributed by atoms with Gasteiger partial charge in [-0.15, -0.1) is 11.3 Å². The maximum absolute atomic E-state index is 4.90. The molecule has 1 aliphatic rings. The fourth-order valence-electron chi connectivity index (χ4n) is 2.41. The van der Waals surface area contributed by atoms with Crippen molar-refractivity contribution in [2.75, 3.05) is 0 Å². The zero-order valence-electron chi connectivity index (χ0n) is 12.5. The molecule has 0 radical (unpaired) electrons. The van der Waals surface area contributed by atoms with Gasteiger partial charge in [0.15, 0.2) is 0 Å². The quantitative estimate of drug-likeness (QED) is 0.790. The van der Waals surface area contributed by atoms with Crippen LogP contribution in [0.3, 0.4) is 0 Å². The van der Waals surface area contributed by atoms with Crippen LogP contribution in [0.1, 0.15) is 53.7 Å². The lowest BCUT2D eigenvalue weighted by Crippen LogP contribution is -2.15. The molecule has 0 amide bonds. The first-order valence-electron chi connectivity index (χ1n) is 7.58. The predicted molar refractivity (Wildman–Crippen MR) is 93.0 cm³/mol. The lowest BCUT2D eigenvalue weighted by atomic mass is 10.1. The van der Waals surface area contributed by atoms with Gasteiger partial charge in [0, 0.05) is 28.4 Å². The van der Waals surface area contributed by atoms with Crippen LogP contribution in [0, 0.1) is 0 Å². The minimum atomic E-state index is 0.494. The van der Waals surface area contributed by atoms with Crippen LogP contribution < -0.4 is 5.32 Å². The Morgan fingerprint density at radius 1 is 1.38 bits per heavy atom. The maximum Gasteiger partial charge on any atom is 0.0975 e. The van der Waals surface area contributed by atoms with Crippen molar-refractivity contribution < 1.29 is 0 Å². The van der Waals surface area contributed by atoms with Crippen LogP contribution >= 0.6 is 27.3 Å². The van der Waals surface area contributed by atoms with Crippen molar-refractivity contribution in [3.8, 4) is 0 Å². The molecule has 0 spiro atoms. The maximum atomic E-state index is 4.90. The average molecular weight is 365 g/mol. The summed E-state index contributed by atoms with van der Waals surface area (Å²) in [5.74, 6) is 0.494. The summed E-state index contributed by atoms with van der Waals surface area (Å²) in [5.41, 5.74) is 2.59. The van der Waals surface area contributed by atoms with E-state index in [1.165, 1.54) is 34.0 Å². The summed E-state index contributed by atoms with van der Waals surface area (Å²) in [6.07, 6.45) is 3.59. The number of nitrogens with zero attached hydrogens (tertiary/aromatic N) is 1. The second-order valence-corrected chi connectivity index (χ2v) is 8.12. The van der Waals surface area contributed by atoms with Crippen molar-refractivity contribution in [1.82, 2.24) is 10.3 Å². The van der Waals surface area contributed by atoms with Gasteiger partial charge in [0.25, 0.3) is 0 Å². The smallest absolute Gasteiger partial charge is 0.0975 e. The van der Waals surface area contributed by atoms with Gasteiger partial charge in [-0.25, -0.2) is 4.98 Å². The van der Waals surface area contributed by atoms with Crippen molar-refractivity contribution >= 4 is 27.3 Å². The van der Waals surface area contributed by atoms with Gasteiger partial charge in [0.1, 0.15) is 0 Å². The molecule has 0 aliphatic heterocycles. The number of rotatable bonds is 6. The van der Waals surface area contributed by atoms with Gasteiger partial charge < -0.3 is 5.32 Å². The van der Waals surface area contributed by atoms with Gasteiger partial charge in [-0.2, -0.15) is 0 Å². The molecule has 1 aliphatic carbocycles. The average Bonchev–Trinajstić information content (AvgIpc) is 3.17. The van der Waals surface area contributed by atoms with E-state index in [0.717, 1.165) is 23.5 Å². The second-order valence-electron chi connectivity index (χ2n) is 6.03. The number of hydrogen-bond acceptors (Lipinski definition) is 3. The van der Waals surface area contributed by atoms with E-state index in [1.807, 2.05) is 11.3 Å². The van der Waals surface area contributed by atoms with Crippen LogP contribution in [0.2, 0.25) is 0 Å². The predicted octanol–water partition coefficient (Wildman–Crippen LogP) is 4.87. The second kappa shape index (κ2) is 6.59. The third-order valence-electron chi connectivity index (χ3n) is 3.69. The largest absolute Gasteiger partial charge is 0.309 e. The highest BCUT2D eigenvalue weighted by Crippen LogP contribution is 2.28. The monoisotopic (exact) mass is 364 g/mol. The van der Waals surface area contributed by atoms with E-state index in [1.54, 1.807) is 0 Å². The summed E-state index contributed by atoms with van der Waals surface area (Å²) < 4.78 is 1.14. The third kappa shape index (κ3) is 4.15. The van der Waals surface area contributed by atoms with Gasteiger partial charge >= 0.3 is 0 Å². The third-order valence-corrected chi connectivity index (χ3v) is 5.26. The molecule has 0 saturated heterocycles. The van der Waals surface area contributed by atoms with Crippen molar-refractivity contribution in [3.05, 3.63) is 49.9 Å². The molecule has 4 heteroatoms. The summed E-state index contributed by atoms with van der Waals surface area (Å²) in [4.78, 5) is 6.31. The molecular weight excluding hydrogens is 344 g/mol. The first-order chi connectivity index (χ1) is 10.1. The van der Waals surface area contributed by atoms with E-state index < -0.39 is 0 Å². The summed E-state index contributed by atoms with van der Waals surface area (Å²) in [6, 6.07) is 9.25. The molecule has 0 unspecified atom stereocenters. The Hall–Kier alpha value is -0.710. The topological polar surface area (TPSA) is 24.9 Å². The number of nitrogens with one attached hydrogen (secondary N) is 1. The van der Waals surface area contributed by atoms with E-state index >= 15 is 0 Å². The number of thiazole rings is 1. The van der Waals surface area contributed by atoms with Crippen molar-refractivity contribution in [1.29, 1.82) is 0 Å².